The van der Waals surface area contributed by atoms with Crippen LogP contribution in [-0.2, 0) is 9.53 Å². The van der Waals surface area contributed by atoms with Crippen LogP contribution >= 0.6 is 0 Å². The molecule has 1 N–H and O–H groups in total. The summed E-state index contributed by atoms with van der Waals surface area (Å²) in [4.78, 5) is 12.1. The predicted octanol–water partition coefficient (Wildman–Crippen LogP) is 3.22. The van der Waals surface area contributed by atoms with Gasteiger partial charge in [0.2, 0.25) is 0 Å². The van der Waals surface area contributed by atoms with E-state index < -0.39 is 6.10 Å². The molecule has 3 aliphatic rings. The molecule has 2 bridgehead atoms. The van der Waals surface area contributed by atoms with Crippen molar-refractivity contribution >= 4 is 5.97 Å². The molecule has 0 saturated heterocycles. The van der Waals surface area contributed by atoms with Gasteiger partial charge >= 0.3 is 5.97 Å². The van der Waals surface area contributed by atoms with Gasteiger partial charge in [0.05, 0.1) is 12.5 Å². The highest BCUT2D eigenvalue weighted by atomic mass is 16.6. The van der Waals surface area contributed by atoms with Gasteiger partial charge in [0.25, 0.3) is 0 Å². The average Bonchev–Trinajstić information content (AvgIpc) is 3.14. The minimum absolute atomic E-state index is 0.170. The zero-order valence-electron chi connectivity index (χ0n) is 12.4. The fraction of sp³-hybridized carbons (Fsp3) is 0.824. The van der Waals surface area contributed by atoms with Crippen LogP contribution in [0.1, 0.15) is 58.3 Å². The fourth-order valence-corrected chi connectivity index (χ4v) is 4.42. The molecule has 4 atom stereocenters. The largest absolute Gasteiger partial charge is 0.459 e. The van der Waals surface area contributed by atoms with E-state index in [1.165, 1.54) is 0 Å². The Labute approximate surface area is 121 Å². The maximum absolute atomic E-state index is 12.1. The number of ether oxygens (including phenoxy) is 1. The Morgan fingerprint density at radius 2 is 2.10 bits per heavy atom. The summed E-state index contributed by atoms with van der Waals surface area (Å²) >= 11 is 0. The molecule has 0 aromatic rings. The molecule has 0 radical (unpaired) electrons. The summed E-state index contributed by atoms with van der Waals surface area (Å²) in [6, 6.07) is 0. The number of hydrogen-bond donors (Lipinski definition) is 1. The van der Waals surface area contributed by atoms with Crippen molar-refractivity contribution in [2.45, 2.75) is 70.0 Å². The van der Waals surface area contributed by atoms with Gasteiger partial charge in [-0.15, -0.1) is 0 Å². The molecular weight excluding hydrogens is 252 g/mol. The number of fused-ring (bicyclic) bond motifs is 2. The Bertz CT molecular complexity index is 395. The number of carbonyl (C=O) groups excluding carboxylic acids is 1. The molecule has 3 nitrogen and oxygen atoms in total. The number of carbonyl (C=O) groups is 1. The van der Waals surface area contributed by atoms with Gasteiger partial charge in [0, 0.05) is 0 Å². The Morgan fingerprint density at radius 1 is 1.35 bits per heavy atom. The van der Waals surface area contributed by atoms with Gasteiger partial charge in [-0.1, -0.05) is 19.1 Å². The lowest BCUT2D eigenvalue weighted by atomic mass is 9.87. The topological polar surface area (TPSA) is 46.5 Å². The van der Waals surface area contributed by atoms with E-state index in [2.05, 4.69) is 19.1 Å². The van der Waals surface area contributed by atoms with Gasteiger partial charge < -0.3 is 9.84 Å². The lowest BCUT2D eigenvalue weighted by Crippen LogP contribution is -2.34. The maximum Gasteiger partial charge on any atom is 0.308 e. The molecule has 3 aliphatic carbocycles. The molecule has 0 spiro atoms. The SMILES string of the molecule is CCC1(OC(=O)CC(O)C2CC3C=CC2C3)CCCC1. The molecule has 3 rings (SSSR count). The lowest BCUT2D eigenvalue weighted by molar-refractivity contribution is -0.162. The lowest BCUT2D eigenvalue weighted by Gasteiger charge is -2.29. The smallest absolute Gasteiger partial charge is 0.308 e. The van der Waals surface area contributed by atoms with Crippen LogP contribution in [0.15, 0.2) is 12.2 Å². The molecule has 0 aliphatic heterocycles. The van der Waals surface area contributed by atoms with Gasteiger partial charge in [-0.05, 0) is 62.7 Å². The first-order chi connectivity index (χ1) is 9.62. The van der Waals surface area contributed by atoms with Crippen LogP contribution in [0.5, 0.6) is 0 Å². The van der Waals surface area contributed by atoms with Crippen molar-refractivity contribution in [3.8, 4) is 0 Å². The highest BCUT2D eigenvalue weighted by molar-refractivity contribution is 5.70. The Kier molecular flexibility index (Phi) is 3.89. The van der Waals surface area contributed by atoms with Crippen molar-refractivity contribution < 1.29 is 14.6 Å². The predicted molar refractivity (Wildman–Crippen MR) is 77.0 cm³/mol. The molecule has 4 unspecified atom stereocenters. The van der Waals surface area contributed by atoms with Crippen LogP contribution in [0.25, 0.3) is 0 Å². The van der Waals surface area contributed by atoms with Crippen molar-refractivity contribution in [2.24, 2.45) is 17.8 Å². The van der Waals surface area contributed by atoms with Crippen molar-refractivity contribution in [2.75, 3.05) is 0 Å². The van der Waals surface area contributed by atoms with E-state index in [0.717, 1.165) is 44.9 Å². The van der Waals surface area contributed by atoms with E-state index >= 15 is 0 Å². The third-order valence-electron chi connectivity index (χ3n) is 5.69. The summed E-state index contributed by atoms with van der Waals surface area (Å²) in [6.07, 6.45) is 11.5. The van der Waals surface area contributed by atoms with Gasteiger partial charge in [-0.25, -0.2) is 0 Å². The van der Waals surface area contributed by atoms with E-state index in [1.807, 2.05) is 0 Å². The first-order valence-corrected chi connectivity index (χ1v) is 8.20. The Morgan fingerprint density at radius 3 is 2.65 bits per heavy atom. The quantitative estimate of drug-likeness (QED) is 0.620. The molecule has 0 amide bonds. The third-order valence-corrected chi connectivity index (χ3v) is 5.69. The second-order valence-electron chi connectivity index (χ2n) is 6.93. The molecule has 0 aromatic heterocycles. The molecule has 0 aromatic carbocycles. The number of aliphatic hydroxyl groups excluding tert-OH is 1. The average molecular weight is 278 g/mol. The highest BCUT2D eigenvalue weighted by Crippen LogP contribution is 2.45. The van der Waals surface area contributed by atoms with Crippen LogP contribution < -0.4 is 0 Å². The minimum Gasteiger partial charge on any atom is -0.459 e. The number of rotatable bonds is 5. The van der Waals surface area contributed by atoms with Gasteiger partial charge in [-0.3, -0.25) is 4.79 Å². The first kappa shape index (κ1) is 14.1. The molecular formula is C17H26O3. The summed E-state index contributed by atoms with van der Waals surface area (Å²) in [5, 5.41) is 10.3. The number of esters is 1. The van der Waals surface area contributed by atoms with Crippen molar-refractivity contribution in [1.29, 1.82) is 0 Å². The van der Waals surface area contributed by atoms with E-state index in [4.69, 9.17) is 4.74 Å². The van der Waals surface area contributed by atoms with Gasteiger partial charge in [0.1, 0.15) is 5.60 Å². The standard InChI is InChI=1S/C17H26O3/c1-2-17(7-3-4-8-17)20-16(19)11-15(18)14-10-12-5-6-13(14)9-12/h5-6,12-15,18H,2-4,7-11H2,1H3. The molecule has 112 valence electrons. The van der Waals surface area contributed by atoms with Gasteiger partial charge in [-0.2, -0.15) is 0 Å². The van der Waals surface area contributed by atoms with Crippen LogP contribution in [-0.4, -0.2) is 22.8 Å². The van der Waals surface area contributed by atoms with Gasteiger partial charge in [0.15, 0.2) is 0 Å². The summed E-state index contributed by atoms with van der Waals surface area (Å²) in [6.45, 7) is 2.09. The summed E-state index contributed by atoms with van der Waals surface area (Å²) in [7, 11) is 0. The minimum atomic E-state index is -0.530. The van der Waals surface area contributed by atoms with Crippen LogP contribution in [0.3, 0.4) is 0 Å². The Balaban J connectivity index is 1.52. The van der Waals surface area contributed by atoms with E-state index in [-0.39, 0.29) is 23.9 Å². The Hall–Kier alpha value is -0.830. The monoisotopic (exact) mass is 278 g/mol. The third kappa shape index (κ3) is 2.65. The molecule has 3 heteroatoms. The fourth-order valence-electron chi connectivity index (χ4n) is 4.42. The molecule has 20 heavy (non-hydrogen) atoms. The van der Waals surface area contributed by atoms with E-state index in [9.17, 15) is 9.90 Å². The number of allylic oxidation sites excluding steroid dienone is 2. The van der Waals surface area contributed by atoms with Crippen LogP contribution in [0, 0.1) is 17.8 Å². The number of aliphatic hydroxyl groups is 1. The van der Waals surface area contributed by atoms with Crippen molar-refractivity contribution in [3.05, 3.63) is 12.2 Å². The van der Waals surface area contributed by atoms with Crippen molar-refractivity contribution in [3.63, 3.8) is 0 Å². The van der Waals surface area contributed by atoms with E-state index in [0.29, 0.717) is 11.8 Å². The zero-order valence-corrected chi connectivity index (χ0v) is 12.4. The second-order valence-corrected chi connectivity index (χ2v) is 6.93. The summed E-state index contributed by atoms with van der Waals surface area (Å²) in [5.41, 5.74) is -0.231. The van der Waals surface area contributed by atoms with E-state index in [1.54, 1.807) is 0 Å². The summed E-state index contributed by atoms with van der Waals surface area (Å²) in [5.74, 6) is 1.17. The van der Waals surface area contributed by atoms with Crippen LogP contribution in [0.4, 0.5) is 0 Å². The highest BCUT2D eigenvalue weighted by Gasteiger charge is 2.41. The van der Waals surface area contributed by atoms with Crippen LogP contribution in [0.2, 0.25) is 0 Å². The number of hydrogen-bond acceptors (Lipinski definition) is 3. The summed E-state index contributed by atoms with van der Waals surface area (Å²) < 4.78 is 5.74. The normalized spacial score (nSPS) is 35.4. The molecule has 2 saturated carbocycles. The maximum atomic E-state index is 12.1. The second kappa shape index (κ2) is 5.51. The molecule has 0 heterocycles. The molecule has 2 fully saturated rings. The van der Waals surface area contributed by atoms with Crippen molar-refractivity contribution in [1.82, 2.24) is 0 Å². The zero-order chi connectivity index (χ0) is 14.2. The first-order valence-electron chi connectivity index (χ1n) is 8.20.